The van der Waals surface area contributed by atoms with Crippen molar-refractivity contribution in [1.29, 1.82) is 0 Å². The number of carbonyl (C=O) groups excluding carboxylic acids is 2. The van der Waals surface area contributed by atoms with Gasteiger partial charge in [0.2, 0.25) is 11.8 Å². The molecule has 3 N–H and O–H groups in total. The number of hydrogen-bond acceptors (Lipinski definition) is 5. The second-order valence-corrected chi connectivity index (χ2v) is 7.38. The summed E-state index contributed by atoms with van der Waals surface area (Å²) >= 11 is 1.97. The summed E-state index contributed by atoms with van der Waals surface area (Å²) in [5.74, 6) is -0.222. The number of aromatic hydroxyl groups is 1. The second kappa shape index (κ2) is 10.1. The minimum absolute atomic E-state index is 0.0183. The maximum absolute atomic E-state index is 12.0. The van der Waals surface area contributed by atoms with Crippen LogP contribution >= 0.6 is 22.6 Å². The van der Waals surface area contributed by atoms with Gasteiger partial charge >= 0.3 is 0 Å². The van der Waals surface area contributed by atoms with E-state index in [0.717, 1.165) is 16.8 Å². The molecule has 148 valence electrons. The van der Waals surface area contributed by atoms with E-state index in [1.54, 1.807) is 12.1 Å². The van der Waals surface area contributed by atoms with Crippen LogP contribution in [0.3, 0.4) is 0 Å². The van der Waals surface area contributed by atoms with Crippen LogP contribution in [0.1, 0.15) is 29.5 Å². The number of rotatable bonds is 7. The molecule has 2 amide bonds. The maximum Gasteiger partial charge on any atom is 0.240 e. The molecule has 0 unspecified atom stereocenters. The number of nitrogens with one attached hydrogen (secondary N) is 2. The van der Waals surface area contributed by atoms with Gasteiger partial charge in [-0.05, 0) is 71.3 Å². The summed E-state index contributed by atoms with van der Waals surface area (Å²) in [5, 5.41) is 16.5. The van der Waals surface area contributed by atoms with Crippen molar-refractivity contribution in [2.24, 2.45) is 5.10 Å². The lowest BCUT2D eigenvalue weighted by molar-refractivity contribution is -0.124. The van der Waals surface area contributed by atoms with Gasteiger partial charge in [0.05, 0.1) is 16.9 Å². The van der Waals surface area contributed by atoms with Crippen molar-refractivity contribution in [3.05, 3.63) is 50.6 Å². The fourth-order valence-electron chi connectivity index (χ4n) is 2.37. The Morgan fingerprint density at radius 3 is 2.61 bits per heavy atom. The standard InChI is InChI=1S/C20H22IN3O4/c1-12-4-5-13(2)16(8-12)23-18(25)6-7-19(26)24-22-11-14-9-15(21)20(27)17(10-14)28-3/h4-5,8-11,27H,6-7H2,1-3H3,(H,23,25)(H,24,26). The molecule has 0 spiro atoms. The fourth-order valence-corrected chi connectivity index (χ4v) is 2.99. The van der Waals surface area contributed by atoms with Crippen molar-refractivity contribution in [2.75, 3.05) is 12.4 Å². The highest BCUT2D eigenvalue weighted by molar-refractivity contribution is 14.1. The molecule has 28 heavy (non-hydrogen) atoms. The first-order valence-corrected chi connectivity index (χ1v) is 9.63. The number of ether oxygens (including phenoxy) is 1. The Morgan fingerprint density at radius 2 is 1.89 bits per heavy atom. The SMILES string of the molecule is COc1cc(C=NNC(=O)CCC(=O)Nc2cc(C)ccc2C)cc(I)c1O. The molecule has 0 aliphatic carbocycles. The third kappa shape index (κ3) is 6.22. The molecule has 2 aromatic carbocycles. The maximum atomic E-state index is 12.0. The van der Waals surface area contributed by atoms with E-state index in [0.29, 0.717) is 14.9 Å². The van der Waals surface area contributed by atoms with Crippen LogP contribution in [0.4, 0.5) is 5.69 Å². The Kier molecular flexibility index (Phi) is 7.80. The molecule has 0 aliphatic heterocycles. The van der Waals surface area contributed by atoms with Crippen LogP contribution in [0.2, 0.25) is 0 Å². The molecule has 0 bridgehead atoms. The van der Waals surface area contributed by atoms with Crippen molar-refractivity contribution in [2.45, 2.75) is 26.7 Å². The minimum atomic E-state index is -0.368. The average molecular weight is 495 g/mol. The summed E-state index contributed by atoms with van der Waals surface area (Å²) in [4.78, 5) is 23.9. The van der Waals surface area contributed by atoms with Crippen molar-refractivity contribution < 1.29 is 19.4 Å². The normalized spacial score (nSPS) is 10.7. The van der Waals surface area contributed by atoms with E-state index in [1.165, 1.54) is 13.3 Å². The minimum Gasteiger partial charge on any atom is -0.504 e. The summed E-state index contributed by atoms with van der Waals surface area (Å²) in [5.41, 5.74) is 5.81. The number of anilines is 1. The number of phenols is 1. The number of carbonyl (C=O) groups is 2. The summed E-state index contributed by atoms with van der Waals surface area (Å²) in [6, 6.07) is 9.11. The van der Waals surface area contributed by atoms with E-state index in [-0.39, 0.29) is 30.4 Å². The van der Waals surface area contributed by atoms with Crippen LogP contribution in [0.25, 0.3) is 0 Å². The molecule has 0 atom stereocenters. The molecule has 0 aliphatic rings. The van der Waals surface area contributed by atoms with Crippen molar-refractivity contribution in [1.82, 2.24) is 5.43 Å². The third-order valence-corrected chi connectivity index (χ3v) is 4.74. The van der Waals surface area contributed by atoms with Gasteiger partial charge in [-0.25, -0.2) is 5.43 Å². The van der Waals surface area contributed by atoms with E-state index in [4.69, 9.17) is 4.74 Å². The lowest BCUT2D eigenvalue weighted by Gasteiger charge is -2.09. The highest BCUT2D eigenvalue weighted by Crippen LogP contribution is 2.31. The lowest BCUT2D eigenvalue weighted by Crippen LogP contribution is -2.21. The zero-order chi connectivity index (χ0) is 20.7. The second-order valence-electron chi connectivity index (χ2n) is 6.21. The van der Waals surface area contributed by atoms with Crippen molar-refractivity contribution in [3.63, 3.8) is 0 Å². The summed E-state index contributed by atoms with van der Waals surface area (Å²) in [6.07, 6.45) is 1.52. The Balaban J connectivity index is 1.84. The van der Waals surface area contributed by atoms with Crippen LogP contribution < -0.4 is 15.5 Å². The molecule has 0 heterocycles. The molecule has 0 aromatic heterocycles. The molecular weight excluding hydrogens is 473 g/mol. The Hall–Kier alpha value is -2.62. The van der Waals surface area contributed by atoms with Gasteiger partial charge in [0.15, 0.2) is 11.5 Å². The van der Waals surface area contributed by atoms with Gasteiger partial charge in [-0.3, -0.25) is 9.59 Å². The molecule has 2 rings (SSSR count). The first-order chi connectivity index (χ1) is 13.3. The van der Waals surface area contributed by atoms with E-state index >= 15 is 0 Å². The summed E-state index contributed by atoms with van der Waals surface area (Å²) in [6.45, 7) is 3.86. The van der Waals surface area contributed by atoms with Gasteiger partial charge in [0, 0.05) is 18.5 Å². The summed E-state index contributed by atoms with van der Waals surface area (Å²) in [7, 11) is 1.46. The predicted molar refractivity (Wildman–Crippen MR) is 117 cm³/mol. The molecule has 2 aromatic rings. The van der Waals surface area contributed by atoms with E-state index in [2.05, 4.69) is 15.8 Å². The fraction of sp³-hybridized carbons (Fsp3) is 0.250. The lowest BCUT2D eigenvalue weighted by atomic mass is 10.1. The quantitative estimate of drug-likeness (QED) is 0.311. The highest BCUT2D eigenvalue weighted by atomic mass is 127. The number of methoxy groups -OCH3 is 1. The molecule has 0 saturated heterocycles. The van der Waals surface area contributed by atoms with Crippen LogP contribution in [-0.4, -0.2) is 30.2 Å². The Bertz CT molecular complexity index is 913. The van der Waals surface area contributed by atoms with Gasteiger partial charge in [0.1, 0.15) is 0 Å². The van der Waals surface area contributed by atoms with Gasteiger partial charge in [0.25, 0.3) is 0 Å². The van der Waals surface area contributed by atoms with E-state index in [1.807, 2.05) is 54.6 Å². The molecular formula is C20H22IN3O4. The summed E-state index contributed by atoms with van der Waals surface area (Å²) < 4.78 is 5.68. The number of phenolic OH excluding ortho intramolecular Hbond substituents is 1. The Morgan fingerprint density at radius 1 is 1.18 bits per heavy atom. The number of benzene rings is 2. The highest BCUT2D eigenvalue weighted by Gasteiger charge is 2.09. The van der Waals surface area contributed by atoms with Gasteiger partial charge in [-0.1, -0.05) is 12.1 Å². The van der Waals surface area contributed by atoms with Gasteiger partial charge in [-0.2, -0.15) is 5.10 Å². The third-order valence-electron chi connectivity index (χ3n) is 3.92. The molecule has 0 saturated carbocycles. The molecule has 0 fully saturated rings. The van der Waals surface area contributed by atoms with Crippen LogP contribution in [-0.2, 0) is 9.59 Å². The number of nitrogens with zero attached hydrogens (tertiary/aromatic N) is 1. The Labute approximate surface area is 177 Å². The van der Waals surface area contributed by atoms with Crippen molar-refractivity contribution >= 4 is 46.3 Å². The van der Waals surface area contributed by atoms with E-state index in [9.17, 15) is 14.7 Å². The average Bonchev–Trinajstić information content (AvgIpc) is 2.65. The van der Waals surface area contributed by atoms with Crippen LogP contribution in [0.15, 0.2) is 35.4 Å². The first kappa shape index (κ1) is 21.7. The van der Waals surface area contributed by atoms with E-state index < -0.39 is 0 Å². The first-order valence-electron chi connectivity index (χ1n) is 8.55. The zero-order valence-electron chi connectivity index (χ0n) is 15.9. The monoisotopic (exact) mass is 495 g/mol. The number of hydrogen-bond donors (Lipinski definition) is 3. The number of aryl methyl sites for hydroxylation is 2. The van der Waals surface area contributed by atoms with Crippen molar-refractivity contribution in [3.8, 4) is 11.5 Å². The largest absolute Gasteiger partial charge is 0.504 e. The topological polar surface area (TPSA) is 100 Å². The zero-order valence-corrected chi connectivity index (χ0v) is 18.0. The smallest absolute Gasteiger partial charge is 0.240 e. The molecule has 7 nitrogen and oxygen atoms in total. The number of halogens is 1. The van der Waals surface area contributed by atoms with Gasteiger partial charge < -0.3 is 15.2 Å². The van der Waals surface area contributed by atoms with Crippen LogP contribution in [0.5, 0.6) is 11.5 Å². The number of hydrazone groups is 1. The molecule has 8 heteroatoms. The predicted octanol–water partition coefficient (Wildman–Crippen LogP) is 3.49. The molecule has 0 radical (unpaired) electrons. The van der Waals surface area contributed by atoms with Gasteiger partial charge in [-0.15, -0.1) is 0 Å². The number of amides is 2. The van der Waals surface area contributed by atoms with Crippen LogP contribution in [0, 0.1) is 17.4 Å².